The number of rotatable bonds is 6. The minimum absolute atomic E-state index is 0.00764. The number of carboxylic acids is 1. The van der Waals surface area contributed by atoms with E-state index in [1.807, 2.05) is 17.5 Å². The average molecular weight is 339 g/mol. The molecule has 0 fully saturated rings. The molecule has 1 heterocycles. The maximum Gasteiger partial charge on any atom is 0.335 e. The molecule has 5 nitrogen and oxygen atoms in total. The molecule has 2 aromatic rings. The zero-order valence-corrected chi connectivity index (χ0v) is 13.9. The van der Waals surface area contributed by atoms with Gasteiger partial charge in [0.15, 0.2) is 0 Å². The molecule has 0 bridgehead atoms. The Labute approximate surface area is 133 Å². The van der Waals surface area contributed by atoms with Gasteiger partial charge in [0.1, 0.15) is 0 Å². The third-order valence-electron chi connectivity index (χ3n) is 3.34. The first-order valence-corrected chi connectivity index (χ1v) is 9.04. The summed E-state index contributed by atoms with van der Waals surface area (Å²) < 4.78 is 26.8. The molecular weight excluding hydrogens is 322 g/mol. The first kappa shape index (κ1) is 16.7. The summed E-state index contributed by atoms with van der Waals surface area (Å²) >= 11 is 1.49. The zero-order chi connectivity index (χ0) is 16.3. The molecule has 0 aliphatic rings. The van der Waals surface area contributed by atoms with Crippen molar-refractivity contribution in [2.24, 2.45) is 0 Å². The number of hydrogen-bond acceptors (Lipinski definition) is 4. The average Bonchev–Trinajstić information content (AvgIpc) is 2.97. The van der Waals surface area contributed by atoms with Crippen molar-refractivity contribution in [1.29, 1.82) is 0 Å². The second-order valence-corrected chi connectivity index (χ2v) is 7.76. The lowest BCUT2D eigenvalue weighted by Crippen LogP contribution is -2.30. The Morgan fingerprint density at radius 1 is 1.32 bits per heavy atom. The lowest BCUT2D eigenvalue weighted by molar-refractivity contribution is 0.0696. The Bertz CT molecular complexity index is 767. The summed E-state index contributed by atoms with van der Waals surface area (Å²) in [6.45, 7) is 4.00. The van der Waals surface area contributed by atoms with Gasteiger partial charge in [-0.15, -0.1) is 11.3 Å². The van der Waals surface area contributed by atoms with Crippen molar-refractivity contribution >= 4 is 27.3 Å². The van der Waals surface area contributed by atoms with Gasteiger partial charge in [0.25, 0.3) is 0 Å². The van der Waals surface area contributed by atoms with Crippen LogP contribution in [0.25, 0.3) is 0 Å². The molecule has 0 aliphatic carbocycles. The molecule has 2 rings (SSSR count). The first-order chi connectivity index (χ1) is 10.4. The van der Waals surface area contributed by atoms with Gasteiger partial charge < -0.3 is 5.11 Å². The number of thiophene rings is 1. The van der Waals surface area contributed by atoms with E-state index in [1.54, 1.807) is 13.8 Å². The van der Waals surface area contributed by atoms with Crippen molar-refractivity contribution in [3.05, 3.63) is 51.7 Å². The first-order valence-electron chi connectivity index (χ1n) is 6.72. The van der Waals surface area contributed by atoms with E-state index in [-0.39, 0.29) is 17.0 Å². The molecule has 0 saturated carbocycles. The van der Waals surface area contributed by atoms with Crippen molar-refractivity contribution in [2.45, 2.75) is 25.3 Å². The number of aryl methyl sites for hydroxylation is 1. The van der Waals surface area contributed by atoms with Crippen molar-refractivity contribution in [3.8, 4) is 0 Å². The van der Waals surface area contributed by atoms with Crippen LogP contribution in [0.4, 0.5) is 0 Å². The lowest BCUT2D eigenvalue weighted by atomic mass is 10.1. The highest BCUT2D eigenvalue weighted by atomic mass is 32.2. The van der Waals surface area contributed by atoms with Crippen molar-refractivity contribution in [3.63, 3.8) is 0 Å². The second kappa shape index (κ2) is 6.60. The van der Waals surface area contributed by atoms with Crippen LogP contribution in [-0.4, -0.2) is 30.3 Å². The van der Waals surface area contributed by atoms with Crippen LogP contribution in [-0.2, 0) is 16.6 Å². The maximum atomic E-state index is 12.7. The molecule has 118 valence electrons. The van der Waals surface area contributed by atoms with Gasteiger partial charge in [-0.3, -0.25) is 0 Å². The van der Waals surface area contributed by atoms with Crippen LogP contribution in [0.2, 0.25) is 0 Å². The van der Waals surface area contributed by atoms with Gasteiger partial charge in [0.05, 0.1) is 10.5 Å². The van der Waals surface area contributed by atoms with E-state index >= 15 is 0 Å². The number of hydrogen-bond donors (Lipinski definition) is 1. The van der Waals surface area contributed by atoms with Crippen LogP contribution < -0.4 is 0 Å². The van der Waals surface area contributed by atoms with Crippen LogP contribution in [0.15, 0.2) is 40.6 Å². The lowest BCUT2D eigenvalue weighted by Gasteiger charge is -2.20. The molecule has 0 amide bonds. The Morgan fingerprint density at radius 3 is 2.59 bits per heavy atom. The Balaban J connectivity index is 2.40. The summed E-state index contributed by atoms with van der Waals surface area (Å²) in [6.07, 6.45) is 0. The van der Waals surface area contributed by atoms with Crippen LogP contribution in [0.5, 0.6) is 0 Å². The monoisotopic (exact) mass is 339 g/mol. The maximum absolute atomic E-state index is 12.7. The van der Waals surface area contributed by atoms with Crippen molar-refractivity contribution in [2.75, 3.05) is 6.54 Å². The van der Waals surface area contributed by atoms with Gasteiger partial charge in [-0.25, -0.2) is 13.2 Å². The normalized spacial score (nSPS) is 11.8. The number of nitrogens with zero attached hydrogens (tertiary/aromatic N) is 1. The van der Waals surface area contributed by atoms with E-state index in [4.69, 9.17) is 5.11 Å². The molecule has 0 saturated heterocycles. The number of aromatic carboxylic acids is 1. The molecule has 0 spiro atoms. The van der Waals surface area contributed by atoms with Crippen molar-refractivity contribution in [1.82, 2.24) is 4.31 Å². The SMILES string of the molecule is CCN(Cc1cccs1)S(=O)(=O)c1ccc(C)c(C(=O)O)c1. The molecular formula is C15H17NO4S2. The molecule has 1 N–H and O–H groups in total. The van der Waals surface area contributed by atoms with E-state index in [0.717, 1.165) is 4.88 Å². The van der Waals surface area contributed by atoms with Gasteiger partial charge >= 0.3 is 5.97 Å². The minimum atomic E-state index is -3.72. The standard InChI is InChI=1S/C15H17NO4S2/c1-3-16(10-12-5-4-8-21-12)22(19,20)13-7-6-11(2)14(9-13)15(17)18/h4-9H,3,10H2,1-2H3,(H,17,18). The highest BCUT2D eigenvalue weighted by Gasteiger charge is 2.25. The smallest absolute Gasteiger partial charge is 0.335 e. The molecule has 0 atom stereocenters. The molecule has 0 radical (unpaired) electrons. The molecule has 1 aromatic heterocycles. The highest BCUT2D eigenvalue weighted by Crippen LogP contribution is 2.22. The van der Waals surface area contributed by atoms with Crippen LogP contribution >= 0.6 is 11.3 Å². The minimum Gasteiger partial charge on any atom is -0.478 e. The van der Waals surface area contributed by atoms with E-state index in [9.17, 15) is 13.2 Å². The predicted octanol–water partition coefficient (Wildman–Crippen LogP) is 2.97. The topological polar surface area (TPSA) is 74.7 Å². The largest absolute Gasteiger partial charge is 0.478 e. The van der Waals surface area contributed by atoms with Gasteiger partial charge in [-0.1, -0.05) is 19.1 Å². The summed E-state index contributed by atoms with van der Waals surface area (Å²) in [4.78, 5) is 12.1. The number of benzene rings is 1. The fraction of sp³-hybridized carbons (Fsp3) is 0.267. The van der Waals surface area contributed by atoms with Gasteiger partial charge in [-0.2, -0.15) is 4.31 Å². The summed E-state index contributed by atoms with van der Waals surface area (Å²) in [5.74, 6) is -1.13. The Kier molecular flexibility index (Phi) is 5.00. The van der Waals surface area contributed by atoms with E-state index in [0.29, 0.717) is 12.1 Å². The predicted molar refractivity (Wildman–Crippen MR) is 85.7 cm³/mol. The third-order valence-corrected chi connectivity index (χ3v) is 6.12. The molecule has 7 heteroatoms. The Hall–Kier alpha value is -1.70. The Morgan fingerprint density at radius 2 is 2.05 bits per heavy atom. The molecule has 1 aromatic carbocycles. The summed E-state index contributed by atoms with van der Waals surface area (Å²) in [7, 11) is -3.72. The number of sulfonamides is 1. The fourth-order valence-electron chi connectivity index (χ4n) is 2.08. The third kappa shape index (κ3) is 3.37. The highest BCUT2D eigenvalue weighted by molar-refractivity contribution is 7.89. The fourth-order valence-corrected chi connectivity index (χ4v) is 4.34. The van der Waals surface area contributed by atoms with Gasteiger partial charge in [0.2, 0.25) is 10.0 Å². The van der Waals surface area contributed by atoms with Crippen LogP contribution in [0.3, 0.4) is 0 Å². The summed E-state index contributed by atoms with van der Waals surface area (Å²) in [5.41, 5.74) is 0.543. The molecule has 0 aliphatic heterocycles. The summed E-state index contributed by atoms with van der Waals surface area (Å²) in [5, 5.41) is 11.0. The number of carbonyl (C=O) groups is 1. The van der Waals surface area contributed by atoms with E-state index < -0.39 is 16.0 Å². The molecule has 0 unspecified atom stereocenters. The second-order valence-electron chi connectivity index (χ2n) is 4.79. The van der Waals surface area contributed by atoms with Gasteiger partial charge in [-0.05, 0) is 36.1 Å². The summed E-state index contributed by atoms with van der Waals surface area (Å²) in [6, 6.07) is 7.95. The van der Waals surface area contributed by atoms with E-state index in [2.05, 4.69) is 0 Å². The van der Waals surface area contributed by atoms with E-state index in [1.165, 1.54) is 33.8 Å². The van der Waals surface area contributed by atoms with Crippen LogP contribution in [0, 0.1) is 6.92 Å². The van der Waals surface area contributed by atoms with Crippen LogP contribution in [0.1, 0.15) is 27.7 Å². The number of carboxylic acid groups (broad SMARTS) is 1. The van der Waals surface area contributed by atoms with Gasteiger partial charge in [0, 0.05) is 18.0 Å². The zero-order valence-electron chi connectivity index (χ0n) is 12.3. The van der Waals surface area contributed by atoms with Crippen molar-refractivity contribution < 1.29 is 18.3 Å². The quantitative estimate of drug-likeness (QED) is 0.878. The molecule has 22 heavy (non-hydrogen) atoms.